The molecular weight excluding hydrogens is 396 g/mol. The summed E-state index contributed by atoms with van der Waals surface area (Å²) in [6, 6.07) is 18.2. The predicted octanol–water partition coefficient (Wildman–Crippen LogP) is 3.31. The van der Waals surface area contributed by atoms with E-state index in [9.17, 15) is 8.42 Å². The van der Waals surface area contributed by atoms with E-state index in [4.69, 9.17) is 11.6 Å². The Hall–Kier alpha value is -2.48. The fraction of sp³-hybridized carbons (Fsp3) is 0.200. The molecule has 0 N–H and O–H groups in total. The molecule has 0 spiro atoms. The highest BCUT2D eigenvalue weighted by Crippen LogP contribution is 2.24. The van der Waals surface area contributed by atoms with Crippen LogP contribution in [0.5, 0.6) is 0 Å². The lowest BCUT2D eigenvalue weighted by atomic mass is 10.1. The summed E-state index contributed by atoms with van der Waals surface area (Å²) >= 11 is 5.95. The van der Waals surface area contributed by atoms with E-state index in [1.807, 2.05) is 36.4 Å². The van der Waals surface area contributed by atoms with Crippen molar-refractivity contribution in [2.45, 2.75) is 4.90 Å². The van der Waals surface area contributed by atoms with E-state index >= 15 is 0 Å². The van der Waals surface area contributed by atoms with Crippen LogP contribution in [-0.2, 0) is 10.0 Å². The van der Waals surface area contributed by atoms with Crippen molar-refractivity contribution in [3.8, 4) is 11.3 Å². The van der Waals surface area contributed by atoms with Crippen LogP contribution in [-0.4, -0.2) is 48.9 Å². The van der Waals surface area contributed by atoms with Crippen molar-refractivity contribution in [2.75, 3.05) is 31.1 Å². The minimum atomic E-state index is -3.55. The van der Waals surface area contributed by atoms with Gasteiger partial charge in [0.1, 0.15) is 12.1 Å². The number of nitrogens with zero attached hydrogens (tertiary/aromatic N) is 4. The second-order valence-electron chi connectivity index (χ2n) is 6.48. The Morgan fingerprint density at radius 2 is 1.61 bits per heavy atom. The van der Waals surface area contributed by atoms with E-state index in [0.717, 1.165) is 17.1 Å². The molecule has 0 atom stereocenters. The van der Waals surface area contributed by atoms with Gasteiger partial charge >= 0.3 is 0 Å². The Bertz CT molecular complexity index is 1070. The van der Waals surface area contributed by atoms with Gasteiger partial charge in [-0.25, -0.2) is 18.4 Å². The Morgan fingerprint density at radius 1 is 0.857 bits per heavy atom. The molecule has 8 heteroatoms. The van der Waals surface area contributed by atoms with Gasteiger partial charge < -0.3 is 4.90 Å². The smallest absolute Gasteiger partial charge is 0.243 e. The molecule has 1 saturated heterocycles. The first kappa shape index (κ1) is 18.9. The van der Waals surface area contributed by atoms with Crippen LogP contribution >= 0.6 is 11.6 Å². The van der Waals surface area contributed by atoms with Gasteiger partial charge in [-0.05, 0) is 18.2 Å². The number of sulfonamides is 1. The van der Waals surface area contributed by atoms with Crippen molar-refractivity contribution in [1.82, 2.24) is 14.3 Å². The molecule has 0 bridgehead atoms. The zero-order chi connectivity index (χ0) is 19.6. The van der Waals surface area contributed by atoms with Gasteiger partial charge in [0.15, 0.2) is 0 Å². The van der Waals surface area contributed by atoms with Crippen molar-refractivity contribution < 1.29 is 8.42 Å². The molecule has 0 amide bonds. The summed E-state index contributed by atoms with van der Waals surface area (Å²) in [6.07, 6.45) is 1.55. The number of halogens is 1. The van der Waals surface area contributed by atoms with E-state index in [-0.39, 0.29) is 4.90 Å². The number of anilines is 1. The number of hydrogen-bond donors (Lipinski definition) is 0. The SMILES string of the molecule is O=S(=O)(c1cccc(Cl)c1)N1CCN(c2cc(-c3ccccc3)ncn2)CC1. The summed E-state index contributed by atoms with van der Waals surface area (Å²) in [6.45, 7) is 1.90. The maximum atomic E-state index is 12.8. The average molecular weight is 415 g/mol. The van der Waals surface area contributed by atoms with Gasteiger partial charge in [-0.2, -0.15) is 4.31 Å². The highest BCUT2D eigenvalue weighted by atomic mass is 35.5. The third kappa shape index (κ3) is 3.87. The molecule has 0 aliphatic carbocycles. The van der Waals surface area contributed by atoms with Crippen LogP contribution in [0.2, 0.25) is 5.02 Å². The van der Waals surface area contributed by atoms with Gasteiger partial charge in [0.25, 0.3) is 0 Å². The van der Waals surface area contributed by atoms with E-state index in [2.05, 4.69) is 14.9 Å². The van der Waals surface area contributed by atoms with E-state index in [1.54, 1.807) is 24.5 Å². The lowest BCUT2D eigenvalue weighted by molar-refractivity contribution is 0.384. The Balaban J connectivity index is 1.49. The van der Waals surface area contributed by atoms with Crippen LogP contribution in [0.15, 0.2) is 71.9 Å². The highest BCUT2D eigenvalue weighted by Gasteiger charge is 2.29. The molecule has 6 nitrogen and oxygen atoms in total. The zero-order valence-corrected chi connectivity index (χ0v) is 16.6. The molecule has 1 fully saturated rings. The number of piperazine rings is 1. The molecule has 0 unspecified atom stereocenters. The molecule has 144 valence electrons. The van der Waals surface area contributed by atoms with Gasteiger partial charge in [-0.1, -0.05) is 48.0 Å². The number of benzene rings is 2. The molecule has 1 aliphatic heterocycles. The number of aromatic nitrogens is 2. The summed E-state index contributed by atoms with van der Waals surface area (Å²) in [5, 5.41) is 0.411. The van der Waals surface area contributed by atoms with Crippen LogP contribution in [0.3, 0.4) is 0 Å². The number of hydrogen-bond acceptors (Lipinski definition) is 5. The van der Waals surface area contributed by atoms with Crippen molar-refractivity contribution in [3.63, 3.8) is 0 Å². The third-order valence-corrected chi connectivity index (χ3v) is 6.85. The minimum absolute atomic E-state index is 0.224. The zero-order valence-electron chi connectivity index (χ0n) is 15.1. The molecule has 3 aromatic rings. The van der Waals surface area contributed by atoms with Gasteiger partial charge in [0, 0.05) is 42.8 Å². The Kier molecular flexibility index (Phi) is 5.30. The quantitative estimate of drug-likeness (QED) is 0.655. The van der Waals surface area contributed by atoms with Gasteiger partial charge in [0.2, 0.25) is 10.0 Å². The molecule has 2 aromatic carbocycles. The molecule has 1 aliphatic rings. The fourth-order valence-electron chi connectivity index (χ4n) is 3.22. The van der Waals surface area contributed by atoms with Crippen molar-refractivity contribution in [2.24, 2.45) is 0 Å². The van der Waals surface area contributed by atoms with E-state index in [1.165, 1.54) is 10.4 Å². The predicted molar refractivity (Wildman–Crippen MR) is 110 cm³/mol. The maximum Gasteiger partial charge on any atom is 0.243 e. The van der Waals surface area contributed by atoms with Crippen LogP contribution in [0.1, 0.15) is 0 Å². The van der Waals surface area contributed by atoms with E-state index < -0.39 is 10.0 Å². The molecule has 0 radical (unpaired) electrons. The number of rotatable bonds is 4. The third-order valence-electron chi connectivity index (χ3n) is 4.72. The normalized spacial score (nSPS) is 15.5. The van der Waals surface area contributed by atoms with Crippen LogP contribution in [0.4, 0.5) is 5.82 Å². The first-order valence-electron chi connectivity index (χ1n) is 8.92. The lowest BCUT2D eigenvalue weighted by Crippen LogP contribution is -2.48. The van der Waals surface area contributed by atoms with Crippen molar-refractivity contribution in [1.29, 1.82) is 0 Å². The minimum Gasteiger partial charge on any atom is -0.354 e. The molecule has 2 heterocycles. The van der Waals surface area contributed by atoms with Crippen molar-refractivity contribution in [3.05, 3.63) is 72.0 Å². The van der Waals surface area contributed by atoms with Crippen molar-refractivity contribution >= 4 is 27.4 Å². The molecule has 1 aromatic heterocycles. The van der Waals surface area contributed by atoms with Crippen LogP contribution in [0, 0.1) is 0 Å². The monoisotopic (exact) mass is 414 g/mol. The summed E-state index contributed by atoms with van der Waals surface area (Å²) in [5.41, 5.74) is 1.87. The fourth-order valence-corrected chi connectivity index (χ4v) is 4.94. The summed E-state index contributed by atoms with van der Waals surface area (Å²) in [5.74, 6) is 0.800. The Morgan fingerprint density at radius 3 is 2.32 bits per heavy atom. The summed E-state index contributed by atoms with van der Waals surface area (Å²) < 4.78 is 27.2. The topological polar surface area (TPSA) is 66.4 Å². The highest BCUT2D eigenvalue weighted by molar-refractivity contribution is 7.89. The average Bonchev–Trinajstić information content (AvgIpc) is 2.74. The molecule has 4 rings (SSSR count). The molecule has 28 heavy (non-hydrogen) atoms. The first-order chi connectivity index (χ1) is 13.5. The van der Waals surface area contributed by atoms with Gasteiger partial charge in [0.05, 0.1) is 10.6 Å². The first-order valence-corrected chi connectivity index (χ1v) is 10.7. The molecule has 0 saturated carbocycles. The van der Waals surface area contributed by atoms with Crippen LogP contribution in [0.25, 0.3) is 11.3 Å². The summed E-state index contributed by atoms with van der Waals surface area (Å²) in [7, 11) is -3.55. The molecular formula is C20H19ClN4O2S. The van der Waals surface area contributed by atoms with Crippen LogP contribution < -0.4 is 4.90 Å². The second-order valence-corrected chi connectivity index (χ2v) is 8.85. The summed E-state index contributed by atoms with van der Waals surface area (Å²) in [4.78, 5) is 11.0. The Labute approximate surface area is 169 Å². The largest absolute Gasteiger partial charge is 0.354 e. The second kappa shape index (κ2) is 7.87. The lowest BCUT2D eigenvalue weighted by Gasteiger charge is -2.34. The van der Waals surface area contributed by atoms with Gasteiger partial charge in [-0.15, -0.1) is 0 Å². The van der Waals surface area contributed by atoms with Gasteiger partial charge in [-0.3, -0.25) is 0 Å². The maximum absolute atomic E-state index is 12.8. The van der Waals surface area contributed by atoms with E-state index in [0.29, 0.717) is 31.2 Å². The standard InChI is InChI=1S/C20H19ClN4O2S/c21-17-7-4-8-18(13-17)28(26,27)25-11-9-24(10-12-25)20-14-19(22-15-23-20)16-5-2-1-3-6-16/h1-8,13-15H,9-12H2.